The van der Waals surface area contributed by atoms with Gasteiger partial charge in [-0.2, -0.15) is 0 Å². The minimum Gasteiger partial charge on any atom is -0.507 e. The summed E-state index contributed by atoms with van der Waals surface area (Å²) in [7, 11) is 3.24. The molecule has 0 saturated heterocycles. The standard InChI is InChI=1S/C16H14O3/c1-18-12-8-11-7-6-10-4-3-5-13(17)15(10)16(11)14(9-12)19-2/h3-9,17H,1-2H3. The normalized spacial score (nSPS) is 10.8. The van der Waals surface area contributed by atoms with Gasteiger partial charge in [0.2, 0.25) is 0 Å². The second-order valence-corrected chi connectivity index (χ2v) is 4.37. The van der Waals surface area contributed by atoms with Crippen LogP contribution in [0.5, 0.6) is 17.2 Å². The summed E-state index contributed by atoms with van der Waals surface area (Å²) < 4.78 is 10.7. The number of phenolic OH excluding ortho intramolecular Hbond substituents is 1. The molecule has 3 aromatic carbocycles. The van der Waals surface area contributed by atoms with Crippen LogP contribution in [0.25, 0.3) is 21.5 Å². The third-order valence-corrected chi connectivity index (χ3v) is 3.33. The highest BCUT2D eigenvalue weighted by Gasteiger charge is 2.11. The molecule has 0 amide bonds. The van der Waals surface area contributed by atoms with Crippen molar-refractivity contribution in [1.29, 1.82) is 0 Å². The van der Waals surface area contributed by atoms with Crippen LogP contribution < -0.4 is 9.47 Å². The summed E-state index contributed by atoms with van der Waals surface area (Å²) >= 11 is 0. The lowest BCUT2D eigenvalue weighted by Crippen LogP contribution is -1.90. The van der Waals surface area contributed by atoms with Gasteiger partial charge < -0.3 is 14.6 Å². The zero-order valence-electron chi connectivity index (χ0n) is 10.8. The molecule has 3 heteroatoms. The largest absolute Gasteiger partial charge is 0.507 e. The smallest absolute Gasteiger partial charge is 0.131 e. The summed E-state index contributed by atoms with van der Waals surface area (Å²) in [5, 5.41) is 13.8. The molecule has 0 bridgehead atoms. The second kappa shape index (κ2) is 4.35. The molecule has 0 aliphatic carbocycles. The number of hydrogen-bond donors (Lipinski definition) is 1. The predicted molar refractivity (Wildman–Crippen MR) is 76.2 cm³/mol. The lowest BCUT2D eigenvalue weighted by molar-refractivity contribution is 0.398. The van der Waals surface area contributed by atoms with Gasteiger partial charge in [0.15, 0.2) is 0 Å². The molecule has 3 nitrogen and oxygen atoms in total. The minimum atomic E-state index is 0.256. The van der Waals surface area contributed by atoms with Crippen molar-refractivity contribution in [2.24, 2.45) is 0 Å². The molecular formula is C16H14O3. The van der Waals surface area contributed by atoms with Crippen LogP contribution in [0.4, 0.5) is 0 Å². The van der Waals surface area contributed by atoms with E-state index in [-0.39, 0.29) is 5.75 Å². The van der Waals surface area contributed by atoms with Crippen LogP contribution in [-0.4, -0.2) is 19.3 Å². The summed E-state index contributed by atoms with van der Waals surface area (Å²) in [5.74, 6) is 1.69. The zero-order valence-corrected chi connectivity index (χ0v) is 10.8. The fourth-order valence-corrected chi connectivity index (χ4v) is 2.44. The van der Waals surface area contributed by atoms with Crippen LogP contribution in [-0.2, 0) is 0 Å². The Morgan fingerprint density at radius 1 is 0.842 bits per heavy atom. The maximum atomic E-state index is 10.1. The van der Waals surface area contributed by atoms with Gasteiger partial charge in [0.1, 0.15) is 17.2 Å². The summed E-state index contributed by atoms with van der Waals surface area (Å²) in [5.41, 5.74) is 0. The van der Waals surface area contributed by atoms with E-state index in [4.69, 9.17) is 9.47 Å². The van der Waals surface area contributed by atoms with E-state index < -0.39 is 0 Å². The number of rotatable bonds is 2. The summed E-state index contributed by atoms with van der Waals surface area (Å²) in [6.07, 6.45) is 0. The Morgan fingerprint density at radius 2 is 1.63 bits per heavy atom. The van der Waals surface area contributed by atoms with Crippen molar-refractivity contribution in [3.63, 3.8) is 0 Å². The molecule has 0 fully saturated rings. The van der Waals surface area contributed by atoms with Gasteiger partial charge in [-0.15, -0.1) is 0 Å². The van der Waals surface area contributed by atoms with Gasteiger partial charge in [0.05, 0.1) is 14.2 Å². The average Bonchev–Trinajstić information content (AvgIpc) is 2.45. The molecule has 0 aromatic heterocycles. The van der Waals surface area contributed by atoms with Gasteiger partial charge in [-0.1, -0.05) is 24.3 Å². The first-order valence-electron chi connectivity index (χ1n) is 6.01. The van der Waals surface area contributed by atoms with E-state index >= 15 is 0 Å². The van der Waals surface area contributed by atoms with Crippen molar-refractivity contribution in [2.45, 2.75) is 0 Å². The summed E-state index contributed by atoms with van der Waals surface area (Å²) in [6.45, 7) is 0. The van der Waals surface area contributed by atoms with E-state index in [0.29, 0.717) is 5.75 Å². The van der Waals surface area contributed by atoms with Crippen LogP contribution in [0.1, 0.15) is 0 Å². The van der Waals surface area contributed by atoms with Crippen LogP contribution in [0.2, 0.25) is 0 Å². The van der Waals surface area contributed by atoms with E-state index in [1.54, 1.807) is 20.3 Å². The highest BCUT2D eigenvalue weighted by Crippen LogP contribution is 2.39. The van der Waals surface area contributed by atoms with Gasteiger partial charge in [0, 0.05) is 16.8 Å². The molecule has 0 heterocycles. The molecule has 3 rings (SSSR count). The Bertz CT molecular complexity index is 763. The van der Waals surface area contributed by atoms with Crippen LogP contribution in [0.3, 0.4) is 0 Å². The Hall–Kier alpha value is -2.42. The molecule has 0 aliphatic rings. The van der Waals surface area contributed by atoms with Gasteiger partial charge >= 0.3 is 0 Å². The van der Waals surface area contributed by atoms with Crippen LogP contribution >= 0.6 is 0 Å². The molecule has 96 valence electrons. The molecule has 0 unspecified atom stereocenters. The zero-order chi connectivity index (χ0) is 13.4. The molecule has 0 spiro atoms. The average molecular weight is 254 g/mol. The first-order valence-corrected chi connectivity index (χ1v) is 6.01. The minimum absolute atomic E-state index is 0.256. The second-order valence-electron chi connectivity index (χ2n) is 4.37. The monoisotopic (exact) mass is 254 g/mol. The number of benzene rings is 3. The summed E-state index contributed by atoms with van der Waals surface area (Å²) in [4.78, 5) is 0. The quantitative estimate of drug-likeness (QED) is 0.708. The predicted octanol–water partition coefficient (Wildman–Crippen LogP) is 3.72. The van der Waals surface area contributed by atoms with Crippen molar-refractivity contribution in [3.8, 4) is 17.2 Å². The Balaban J connectivity index is 2.53. The van der Waals surface area contributed by atoms with Crippen molar-refractivity contribution >= 4 is 21.5 Å². The summed E-state index contributed by atoms with van der Waals surface area (Å²) in [6, 6.07) is 13.2. The molecule has 0 saturated carbocycles. The topological polar surface area (TPSA) is 38.7 Å². The Kier molecular flexibility index (Phi) is 2.67. The van der Waals surface area contributed by atoms with Crippen LogP contribution in [0, 0.1) is 0 Å². The molecule has 1 N–H and O–H groups in total. The maximum absolute atomic E-state index is 10.1. The third kappa shape index (κ3) is 1.74. The molecule has 19 heavy (non-hydrogen) atoms. The lowest BCUT2D eigenvalue weighted by atomic mass is 10.00. The van der Waals surface area contributed by atoms with Gasteiger partial charge in [-0.3, -0.25) is 0 Å². The number of ether oxygens (including phenoxy) is 2. The fourth-order valence-electron chi connectivity index (χ4n) is 2.44. The first-order chi connectivity index (χ1) is 9.24. The van der Waals surface area contributed by atoms with E-state index in [9.17, 15) is 5.11 Å². The molecular weight excluding hydrogens is 240 g/mol. The highest BCUT2D eigenvalue weighted by atomic mass is 16.5. The molecule has 0 atom stereocenters. The number of fused-ring (bicyclic) bond motifs is 3. The van der Waals surface area contributed by atoms with E-state index in [1.165, 1.54) is 0 Å². The SMILES string of the molecule is COc1cc(OC)c2c(ccc3cccc(O)c32)c1. The molecule has 0 aliphatic heterocycles. The van der Waals surface area contributed by atoms with E-state index in [2.05, 4.69) is 0 Å². The highest BCUT2D eigenvalue weighted by molar-refractivity contribution is 6.13. The maximum Gasteiger partial charge on any atom is 0.131 e. The first kappa shape index (κ1) is 11.7. The van der Waals surface area contributed by atoms with Gasteiger partial charge in [-0.05, 0) is 22.9 Å². The Morgan fingerprint density at radius 3 is 2.37 bits per heavy atom. The van der Waals surface area contributed by atoms with Crippen molar-refractivity contribution in [1.82, 2.24) is 0 Å². The van der Waals surface area contributed by atoms with Gasteiger partial charge in [-0.25, -0.2) is 0 Å². The van der Waals surface area contributed by atoms with E-state index in [1.807, 2.05) is 36.4 Å². The van der Waals surface area contributed by atoms with Crippen LogP contribution in [0.15, 0.2) is 42.5 Å². The number of aromatic hydroxyl groups is 1. The van der Waals surface area contributed by atoms with Crippen molar-refractivity contribution in [2.75, 3.05) is 14.2 Å². The Labute approximate surface area is 111 Å². The van der Waals surface area contributed by atoms with Gasteiger partial charge in [0.25, 0.3) is 0 Å². The lowest BCUT2D eigenvalue weighted by Gasteiger charge is -2.12. The molecule has 3 aromatic rings. The number of methoxy groups -OCH3 is 2. The number of phenols is 1. The number of hydrogen-bond acceptors (Lipinski definition) is 3. The fraction of sp³-hybridized carbons (Fsp3) is 0.125. The molecule has 0 radical (unpaired) electrons. The van der Waals surface area contributed by atoms with E-state index in [0.717, 1.165) is 27.3 Å². The third-order valence-electron chi connectivity index (χ3n) is 3.33. The van der Waals surface area contributed by atoms with Crippen molar-refractivity contribution < 1.29 is 14.6 Å². The van der Waals surface area contributed by atoms with Crippen molar-refractivity contribution in [3.05, 3.63) is 42.5 Å².